The third-order valence-corrected chi connectivity index (χ3v) is 3.16. The fourth-order valence-electron chi connectivity index (χ4n) is 2.04. The molecular formula is C15H25NO. The van der Waals surface area contributed by atoms with E-state index in [1.165, 1.54) is 11.1 Å². The lowest BCUT2D eigenvalue weighted by atomic mass is 9.99. The summed E-state index contributed by atoms with van der Waals surface area (Å²) >= 11 is 0. The first-order valence-corrected chi connectivity index (χ1v) is 6.50. The Morgan fingerprint density at radius 1 is 1.29 bits per heavy atom. The monoisotopic (exact) mass is 235 g/mol. The largest absolute Gasteiger partial charge is 0.382 e. The van der Waals surface area contributed by atoms with Gasteiger partial charge in [-0.2, -0.15) is 0 Å². The van der Waals surface area contributed by atoms with Crippen LogP contribution < -0.4 is 5.32 Å². The standard InChI is InChI=1S/C15H25NO/c1-5-16-15(10-9-13(3)17-4)14-8-6-7-12(2)11-14/h6-8,11,13,15-16H,5,9-10H2,1-4H3. The van der Waals surface area contributed by atoms with Crippen molar-refractivity contribution < 1.29 is 4.74 Å². The molecule has 96 valence electrons. The zero-order chi connectivity index (χ0) is 12.7. The lowest BCUT2D eigenvalue weighted by molar-refractivity contribution is 0.106. The van der Waals surface area contributed by atoms with Crippen molar-refractivity contribution in [2.24, 2.45) is 0 Å². The molecule has 0 aliphatic heterocycles. The predicted molar refractivity (Wildman–Crippen MR) is 73.3 cm³/mol. The molecule has 1 N–H and O–H groups in total. The third kappa shape index (κ3) is 4.88. The first-order chi connectivity index (χ1) is 8.17. The highest BCUT2D eigenvalue weighted by molar-refractivity contribution is 5.25. The van der Waals surface area contributed by atoms with Crippen LogP contribution in [0.3, 0.4) is 0 Å². The average molecular weight is 235 g/mol. The van der Waals surface area contributed by atoms with E-state index in [0.29, 0.717) is 12.1 Å². The maximum Gasteiger partial charge on any atom is 0.0543 e. The average Bonchev–Trinajstić information content (AvgIpc) is 2.34. The number of ether oxygens (including phenoxy) is 1. The van der Waals surface area contributed by atoms with Crippen LogP contribution >= 0.6 is 0 Å². The van der Waals surface area contributed by atoms with Gasteiger partial charge in [0.2, 0.25) is 0 Å². The Morgan fingerprint density at radius 2 is 2.06 bits per heavy atom. The molecule has 0 aliphatic carbocycles. The second-order valence-electron chi connectivity index (χ2n) is 4.65. The van der Waals surface area contributed by atoms with Crippen LogP contribution in [-0.4, -0.2) is 19.8 Å². The molecule has 0 spiro atoms. The second kappa shape index (κ2) is 7.46. The summed E-state index contributed by atoms with van der Waals surface area (Å²) < 4.78 is 5.31. The number of methoxy groups -OCH3 is 1. The normalized spacial score (nSPS) is 14.6. The van der Waals surface area contributed by atoms with Crippen molar-refractivity contribution in [3.05, 3.63) is 35.4 Å². The molecule has 0 radical (unpaired) electrons. The van der Waals surface area contributed by atoms with Crippen molar-refractivity contribution in [1.82, 2.24) is 5.32 Å². The van der Waals surface area contributed by atoms with Crippen LogP contribution in [0.5, 0.6) is 0 Å². The van der Waals surface area contributed by atoms with Crippen LogP contribution in [0, 0.1) is 6.92 Å². The highest BCUT2D eigenvalue weighted by Gasteiger charge is 2.11. The van der Waals surface area contributed by atoms with E-state index in [4.69, 9.17) is 4.74 Å². The van der Waals surface area contributed by atoms with Crippen LogP contribution in [-0.2, 0) is 4.74 Å². The molecule has 1 aromatic carbocycles. The summed E-state index contributed by atoms with van der Waals surface area (Å²) in [7, 11) is 1.78. The molecule has 0 saturated carbocycles. The van der Waals surface area contributed by atoms with Crippen LogP contribution in [0.1, 0.15) is 43.9 Å². The van der Waals surface area contributed by atoms with Gasteiger partial charge in [-0.05, 0) is 38.8 Å². The molecule has 0 saturated heterocycles. The molecule has 2 heteroatoms. The molecule has 2 nitrogen and oxygen atoms in total. The summed E-state index contributed by atoms with van der Waals surface area (Å²) in [5.41, 5.74) is 2.71. The Morgan fingerprint density at radius 3 is 2.65 bits per heavy atom. The van der Waals surface area contributed by atoms with Gasteiger partial charge in [0.25, 0.3) is 0 Å². The molecule has 0 heterocycles. The summed E-state index contributed by atoms with van der Waals surface area (Å²) in [6, 6.07) is 9.19. The van der Waals surface area contributed by atoms with E-state index in [1.54, 1.807) is 7.11 Å². The van der Waals surface area contributed by atoms with Gasteiger partial charge in [0.05, 0.1) is 6.10 Å². The van der Waals surface area contributed by atoms with Gasteiger partial charge in [0.1, 0.15) is 0 Å². The molecule has 0 aromatic heterocycles. The maximum atomic E-state index is 5.31. The zero-order valence-corrected chi connectivity index (χ0v) is 11.5. The highest BCUT2D eigenvalue weighted by Crippen LogP contribution is 2.20. The first-order valence-electron chi connectivity index (χ1n) is 6.50. The minimum atomic E-state index is 0.334. The van der Waals surface area contributed by atoms with E-state index in [2.05, 4.69) is 50.4 Å². The molecule has 0 aliphatic rings. The fourth-order valence-corrected chi connectivity index (χ4v) is 2.04. The number of aryl methyl sites for hydroxylation is 1. The molecule has 0 bridgehead atoms. The summed E-state index contributed by atoms with van der Waals surface area (Å²) in [5, 5.41) is 3.55. The second-order valence-corrected chi connectivity index (χ2v) is 4.65. The van der Waals surface area contributed by atoms with Gasteiger partial charge in [-0.3, -0.25) is 0 Å². The quantitative estimate of drug-likeness (QED) is 0.781. The Labute approximate surface area is 105 Å². The topological polar surface area (TPSA) is 21.3 Å². The Bertz CT molecular complexity index is 324. The van der Waals surface area contributed by atoms with Crippen LogP contribution in [0.4, 0.5) is 0 Å². The highest BCUT2D eigenvalue weighted by atomic mass is 16.5. The van der Waals surface area contributed by atoms with Gasteiger partial charge in [-0.15, -0.1) is 0 Å². The van der Waals surface area contributed by atoms with E-state index in [0.717, 1.165) is 19.4 Å². The third-order valence-electron chi connectivity index (χ3n) is 3.16. The van der Waals surface area contributed by atoms with Crippen molar-refractivity contribution >= 4 is 0 Å². The lowest BCUT2D eigenvalue weighted by Crippen LogP contribution is -2.22. The minimum absolute atomic E-state index is 0.334. The van der Waals surface area contributed by atoms with E-state index in [1.807, 2.05) is 0 Å². The number of rotatable bonds is 7. The first kappa shape index (κ1) is 14.2. The molecule has 1 rings (SSSR count). The number of hydrogen-bond donors (Lipinski definition) is 1. The Kier molecular flexibility index (Phi) is 6.23. The van der Waals surface area contributed by atoms with E-state index in [9.17, 15) is 0 Å². The molecule has 1 aromatic rings. The van der Waals surface area contributed by atoms with Gasteiger partial charge in [0.15, 0.2) is 0 Å². The minimum Gasteiger partial charge on any atom is -0.382 e. The van der Waals surface area contributed by atoms with Gasteiger partial charge >= 0.3 is 0 Å². The Hall–Kier alpha value is -0.860. The lowest BCUT2D eigenvalue weighted by Gasteiger charge is -2.20. The van der Waals surface area contributed by atoms with Crippen molar-refractivity contribution in [3.63, 3.8) is 0 Å². The SMILES string of the molecule is CCNC(CCC(C)OC)c1cccc(C)c1. The fraction of sp³-hybridized carbons (Fsp3) is 0.600. The smallest absolute Gasteiger partial charge is 0.0543 e. The maximum absolute atomic E-state index is 5.31. The van der Waals surface area contributed by atoms with Gasteiger partial charge in [-0.25, -0.2) is 0 Å². The molecule has 0 amide bonds. The van der Waals surface area contributed by atoms with Gasteiger partial charge in [-0.1, -0.05) is 36.8 Å². The summed E-state index contributed by atoms with van der Waals surface area (Å²) in [6.45, 7) is 7.42. The summed E-state index contributed by atoms with van der Waals surface area (Å²) in [6.07, 6.45) is 2.54. The predicted octanol–water partition coefficient (Wildman–Crippen LogP) is 3.46. The van der Waals surface area contributed by atoms with Crippen molar-refractivity contribution in [2.45, 2.75) is 45.8 Å². The Balaban J connectivity index is 2.64. The van der Waals surface area contributed by atoms with E-state index >= 15 is 0 Å². The van der Waals surface area contributed by atoms with Crippen molar-refractivity contribution in [1.29, 1.82) is 0 Å². The van der Waals surface area contributed by atoms with Gasteiger partial charge < -0.3 is 10.1 Å². The molecule has 2 atom stereocenters. The van der Waals surface area contributed by atoms with Gasteiger partial charge in [0, 0.05) is 13.2 Å². The van der Waals surface area contributed by atoms with Crippen molar-refractivity contribution in [2.75, 3.05) is 13.7 Å². The molecular weight excluding hydrogens is 210 g/mol. The number of benzene rings is 1. The molecule has 17 heavy (non-hydrogen) atoms. The van der Waals surface area contributed by atoms with Crippen LogP contribution in [0.25, 0.3) is 0 Å². The van der Waals surface area contributed by atoms with Crippen LogP contribution in [0.2, 0.25) is 0 Å². The summed E-state index contributed by atoms with van der Waals surface area (Å²) in [4.78, 5) is 0. The van der Waals surface area contributed by atoms with E-state index < -0.39 is 0 Å². The molecule has 2 unspecified atom stereocenters. The summed E-state index contributed by atoms with van der Waals surface area (Å²) in [5.74, 6) is 0. The number of hydrogen-bond acceptors (Lipinski definition) is 2. The zero-order valence-electron chi connectivity index (χ0n) is 11.5. The van der Waals surface area contributed by atoms with Crippen LogP contribution in [0.15, 0.2) is 24.3 Å². The van der Waals surface area contributed by atoms with Crippen molar-refractivity contribution in [3.8, 4) is 0 Å². The number of nitrogens with one attached hydrogen (secondary N) is 1. The molecule has 0 fully saturated rings. The van der Waals surface area contributed by atoms with E-state index in [-0.39, 0.29) is 0 Å².